The largest absolute Gasteiger partial charge is 0.392 e. The maximum Gasteiger partial charge on any atom is 0.243 e. The van der Waals surface area contributed by atoms with Crippen molar-refractivity contribution in [2.24, 2.45) is 0 Å². The van der Waals surface area contributed by atoms with Crippen molar-refractivity contribution in [3.63, 3.8) is 0 Å². The third-order valence-corrected chi connectivity index (χ3v) is 5.76. The molecule has 0 amide bonds. The molecule has 0 spiro atoms. The van der Waals surface area contributed by atoms with Crippen molar-refractivity contribution < 1.29 is 13.5 Å². The molecule has 0 aromatic heterocycles. The average Bonchev–Trinajstić information content (AvgIpc) is 2.47. The summed E-state index contributed by atoms with van der Waals surface area (Å²) in [6.45, 7) is 4.34. The number of piperazine rings is 1. The van der Waals surface area contributed by atoms with Gasteiger partial charge in [0.2, 0.25) is 10.0 Å². The fourth-order valence-corrected chi connectivity index (χ4v) is 4.16. The van der Waals surface area contributed by atoms with E-state index in [0.29, 0.717) is 30.0 Å². The first-order chi connectivity index (χ1) is 9.48. The lowest BCUT2D eigenvalue weighted by Crippen LogP contribution is -2.47. The first-order valence-electron chi connectivity index (χ1n) is 6.90. The van der Waals surface area contributed by atoms with Gasteiger partial charge in [0, 0.05) is 26.2 Å². The molecule has 5 nitrogen and oxygen atoms in total. The number of nitrogens with zero attached hydrogens (tertiary/aromatic N) is 2. The fourth-order valence-electron chi connectivity index (χ4n) is 2.40. The second kappa shape index (κ2) is 6.22. The molecule has 6 heteroatoms. The summed E-state index contributed by atoms with van der Waals surface area (Å²) in [6.07, 6.45) is 0.661. The second-order valence-electron chi connectivity index (χ2n) is 5.16. The highest BCUT2D eigenvalue weighted by atomic mass is 32.2. The minimum atomic E-state index is -3.47. The molecule has 112 valence electrons. The summed E-state index contributed by atoms with van der Waals surface area (Å²) >= 11 is 0. The van der Waals surface area contributed by atoms with E-state index in [4.69, 9.17) is 0 Å². The minimum absolute atomic E-state index is 0.144. The zero-order chi connectivity index (χ0) is 14.8. The van der Waals surface area contributed by atoms with Crippen LogP contribution in [0.4, 0.5) is 0 Å². The van der Waals surface area contributed by atoms with E-state index in [2.05, 4.69) is 4.90 Å². The van der Waals surface area contributed by atoms with Crippen LogP contribution in [-0.2, 0) is 23.1 Å². The van der Waals surface area contributed by atoms with Crippen LogP contribution in [0, 0.1) is 0 Å². The molecule has 0 unspecified atom stereocenters. The molecular formula is C14H22N2O3S. The Morgan fingerprint density at radius 2 is 1.85 bits per heavy atom. The summed E-state index contributed by atoms with van der Waals surface area (Å²) in [7, 11) is -1.47. The van der Waals surface area contributed by atoms with Crippen molar-refractivity contribution in [2.45, 2.75) is 24.8 Å². The monoisotopic (exact) mass is 298 g/mol. The smallest absolute Gasteiger partial charge is 0.243 e. The highest BCUT2D eigenvalue weighted by molar-refractivity contribution is 7.89. The van der Waals surface area contributed by atoms with Crippen LogP contribution in [0.25, 0.3) is 0 Å². The standard InChI is InChI=1S/C14H22N2O3S/c1-3-13-5-4-12(11-17)10-14(13)20(18,19)16-8-6-15(2)7-9-16/h4-5,10,17H,3,6-9,11H2,1-2H3. The van der Waals surface area contributed by atoms with Gasteiger partial charge < -0.3 is 10.0 Å². The van der Waals surface area contributed by atoms with Crippen LogP contribution >= 0.6 is 0 Å². The van der Waals surface area contributed by atoms with Crippen molar-refractivity contribution in [1.29, 1.82) is 0 Å². The van der Waals surface area contributed by atoms with Crippen molar-refractivity contribution in [3.8, 4) is 0 Å². The molecule has 1 aromatic carbocycles. The molecule has 1 heterocycles. The van der Waals surface area contributed by atoms with Crippen LogP contribution < -0.4 is 0 Å². The van der Waals surface area contributed by atoms with Crippen LogP contribution in [0.15, 0.2) is 23.1 Å². The zero-order valence-electron chi connectivity index (χ0n) is 12.0. The summed E-state index contributed by atoms with van der Waals surface area (Å²) in [6, 6.07) is 5.18. The predicted molar refractivity (Wildman–Crippen MR) is 78.0 cm³/mol. The molecule has 0 aliphatic carbocycles. The Morgan fingerprint density at radius 1 is 1.20 bits per heavy atom. The van der Waals surface area contributed by atoms with E-state index in [0.717, 1.165) is 18.7 Å². The van der Waals surface area contributed by atoms with Crippen molar-refractivity contribution in [3.05, 3.63) is 29.3 Å². The van der Waals surface area contributed by atoms with Gasteiger partial charge >= 0.3 is 0 Å². The number of rotatable bonds is 4. The first kappa shape index (κ1) is 15.4. The van der Waals surface area contributed by atoms with E-state index < -0.39 is 10.0 Å². The molecule has 0 radical (unpaired) electrons. The van der Waals surface area contributed by atoms with Crippen molar-refractivity contribution in [1.82, 2.24) is 9.21 Å². The number of sulfonamides is 1. The number of benzene rings is 1. The second-order valence-corrected chi connectivity index (χ2v) is 7.07. The van der Waals surface area contributed by atoms with Gasteiger partial charge in [0.1, 0.15) is 0 Å². The van der Waals surface area contributed by atoms with E-state index in [1.54, 1.807) is 22.5 Å². The van der Waals surface area contributed by atoms with Crippen LogP contribution in [-0.4, -0.2) is 56.0 Å². The molecule has 1 saturated heterocycles. The number of hydrogen-bond donors (Lipinski definition) is 1. The average molecular weight is 298 g/mol. The van der Waals surface area contributed by atoms with E-state index in [9.17, 15) is 13.5 Å². The highest BCUT2D eigenvalue weighted by Crippen LogP contribution is 2.23. The van der Waals surface area contributed by atoms with Crippen LogP contribution in [0.2, 0.25) is 0 Å². The van der Waals surface area contributed by atoms with Gasteiger partial charge in [-0.05, 0) is 30.7 Å². The van der Waals surface area contributed by atoms with Crippen molar-refractivity contribution >= 4 is 10.0 Å². The zero-order valence-corrected chi connectivity index (χ0v) is 12.9. The maximum atomic E-state index is 12.8. The van der Waals surface area contributed by atoms with Crippen LogP contribution in [0.1, 0.15) is 18.1 Å². The normalized spacial score (nSPS) is 18.4. The summed E-state index contributed by atoms with van der Waals surface area (Å²) in [5.41, 5.74) is 1.44. The lowest BCUT2D eigenvalue weighted by atomic mass is 10.1. The Kier molecular flexibility index (Phi) is 4.80. The predicted octanol–water partition coefficient (Wildman–Crippen LogP) is 0.677. The topological polar surface area (TPSA) is 60.9 Å². The molecular weight excluding hydrogens is 276 g/mol. The van der Waals surface area contributed by atoms with Gasteiger partial charge in [-0.1, -0.05) is 19.1 Å². The molecule has 1 aliphatic heterocycles. The third-order valence-electron chi connectivity index (χ3n) is 3.78. The number of aliphatic hydroxyl groups excluding tert-OH is 1. The minimum Gasteiger partial charge on any atom is -0.392 e. The Hall–Kier alpha value is -0.950. The Balaban J connectivity index is 2.37. The van der Waals surface area contributed by atoms with E-state index in [-0.39, 0.29) is 6.61 Å². The number of hydrogen-bond acceptors (Lipinski definition) is 4. The summed E-state index contributed by atoms with van der Waals surface area (Å²) in [5, 5.41) is 9.22. The van der Waals surface area contributed by atoms with Gasteiger partial charge in [0.15, 0.2) is 0 Å². The van der Waals surface area contributed by atoms with Gasteiger partial charge in [-0.15, -0.1) is 0 Å². The Morgan fingerprint density at radius 3 is 2.40 bits per heavy atom. The number of aryl methyl sites for hydroxylation is 1. The molecule has 0 saturated carbocycles. The molecule has 20 heavy (non-hydrogen) atoms. The highest BCUT2D eigenvalue weighted by Gasteiger charge is 2.29. The molecule has 2 rings (SSSR count). The summed E-state index contributed by atoms with van der Waals surface area (Å²) < 4.78 is 27.1. The van der Waals surface area contributed by atoms with E-state index in [1.807, 2.05) is 14.0 Å². The lowest BCUT2D eigenvalue weighted by Gasteiger charge is -2.32. The molecule has 1 aromatic rings. The lowest BCUT2D eigenvalue weighted by molar-refractivity contribution is 0.222. The maximum absolute atomic E-state index is 12.8. The summed E-state index contributed by atoms with van der Waals surface area (Å²) in [4.78, 5) is 2.47. The SMILES string of the molecule is CCc1ccc(CO)cc1S(=O)(=O)N1CCN(C)CC1. The molecule has 0 atom stereocenters. The van der Waals surface area contributed by atoms with Crippen LogP contribution in [0.3, 0.4) is 0 Å². The third kappa shape index (κ3) is 3.03. The van der Waals surface area contributed by atoms with Gasteiger partial charge in [-0.2, -0.15) is 4.31 Å². The van der Waals surface area contributed by atoms with Gasteiger partial charge in [0.05, 0.1) is 11.5 Å². The first-order valence-corrected chi connectivity index (χ1v) is 8.34. The van der Waals surface area contributed by atoms with Gasteiger partial charge in [-0.25, -0.2) is 8.42 Å². The van der Waals surface area contributed by atoms with Gasteiger partial charge in [0.25, 0.3) is 0 Å². The Labute approximate surface area is 120 Å². The molecule has 1 aliphatic rings. The van der Waals surface area contributed by atoms with Gasteiger partial charge in [-0.3, -0.25) is 0 Å². The molecule has 1 N–H and O–H groups in total. The van der Waals surface area contributed by atoms with E-state index >= 15 is 0 Å². The quantitative estimate of drug-likeness (QED) is 0.888. The van der Waals surface area contributed by atoms with Crippen LogP contribution in [0.5, 0.6) is 0 Å². The van der Waals surface area contributed by atoms with E-state index in [1.165, 1.54) is 0 Å². The molecule has 0 bridgehead atoms. The number of likely N-dealkylation sites (N-methyl/N-ethyl adjacent to an activating group) is 1. The number of aliphatic hydroxyl groups is 1. The van der Waals surface area contributed by atoms with Crippen molar-refractivity contribution in [2.75, 3.05) is 33.2 Å². The molecule has 1 fully saturated rings. The summed E-state index contributed by atoms with van der Waals surface area (Å²) in [5.74, 6) is 0. The Bertz CT molecular complexity index is 564. The fraction of sp³-hybridized carbons (Fsp3) is 0.571.